The van der Waals surface area contributed by atoms with Gasteiger partial charge in [-0.25, -0.2) is 0 Å². The first-order valence-electron chi connectivity index (χ1n) is 6.75. The van der Waals surface area contributed by atoms with Gasteiger partial charge in [0.1, 0.15) is 12.4 Å². The SMILES string of the molecule is CC[C@H](N)c1ccc(OCC(O)(CC)CC)cc1. The van der Waals surface area contributed by atoms with E-state index >= 15 is 0 Å². The van der Waals surface area contributed by atoms with Gasteiger partial charge in [0.25, 0.3) is 0 Å². The quantitative estimate of drug-likeness (QED) is 0.783. The van der Waals surface area contributed by atoms with Crippen LogP contribution in [0.25, 0.3) is 0 Å². The third kappa shape index (κ3) is 4.00. The Morgan fingerprint density at radius 2 is 1.72 bits per heavy atom. The molecule has 0 aliphatic carbocycles. The Morgan fingerprint density at radius 3 is 2.17 bits per heavy atom. The average Bonchev–Trinajstić information content (AvgIpc) is 2.44. The number of nitrogens with two attached hydrogens (primary N) is 1. The number of hydrogen-bond donors (Lipinski definition) is 2. The van der Waals surface area contributed by atoms with Gasteiger partial charge >= 0.3 is 0 Å². The van der Waals surface area contributed by atoms with Crippen LogP contribution in [0.15, 0.2) is 24.3 Å². The number of hydrogen-bond acceptors (Lipinski definition) is 3. The zero-order chi connectivity index (χ0) is 13.6. The smallest absolute Gasteiger partial charge is 0.119 e. The van der Waals surface area contributed by atoms with Gasteiger partial charge in [0.15, 0.2) is 0 Å². The molecule has 0 amide bonds. The van der Waals surface area contributed by atoms with Gasteiger partial charge in [-0.05, 0) is 37.0 Å². The number of benzene rings is 1. The lowest BCUT2D eigenvalue weighted by molar-refractivity contribution is -0.0113. The highest BCUT2D eigenvalue weighted by Crippen LogP contribution is 2.21. The molecule has 0 bridgehead atoms. The van der Waals surface area contributed by atoms with Crippen molar-refractivity contribution >= 4 is 0 Å². The molecule has 1 aromatic carbocycles. The highest BCUT2D eigenvalue weighted by molar-refractivity contribution is 5.29. The van der Waals surface area contributed by atoms with Gasteiger partial charge in [-0.15, -0.1) is 0 Å². The van der Waals surface area contributed by atoms with E-state index in [-0.39, 0.29) is 6.04 Å². The zero-order valence-corrected chi connectivity index (χ0v) is 11.6. The summed E-state index contributed by atoms with van der Waals surface area (Å²) in [5.74, 6) is 0.780. The van der Waals surface area contributed by atoms with Crippen LogP contribution in [0, 0.1) is 0 Å². The molecule has 0 heterocycles. The van der Waals surface area contributed by atoms with E-state index in [1.54, 1.807) is 0 Å². The maximum Gasteiger partial charge on any atom is 0.119 e. The molecule has 102 valence electrons. The van der Waals surface area contributed by atoms with Gasteiger partial charge in [0, 0.05) is 6.04 Å². The van der Waals surface area contributed by atoms with Crippen molar-refractivity contribution in [2.45, 2.75) is 51.7 Å². The van der Waals surface area contributed by atoms with Gasteiger partial charge in [-0.1, -0.05) is 32.9 Å². The first-order valence-corrected chi connectivity index (χ1v) is 6.75. The predicted molar refractivity (Wildman–Crippen MR) is 74.7 cm³/mol. The molecule has 0 aliphatic rings. The van der Waals surface area contributed by atoms with E-state index in [9.17, 15) is 5.11 Å². The van der Waals surface area contributed by atoms with Gasteiger partial charge < -0.3 is 15.6 Å². The molecular weight excluding hydrogens is 226 g/mol. The Kier molecular flexibility index (Phi) is 5.63. The van der Waals surface area contributed by atoms with Crippen molar-refractivity contribution in [3.63, 3.8) is 0 Å². The number of aliphatic hydroxyl groups is 1. The standard InChI is InChI=1S/C15H25NO2/c1-4-14(16)12-7-9-13(10-8-12)18-11-15(17,5-2)6-3/h7-10,14,17H,4-6,11,16H2,1-3H3/t14-/m0/s1. The first-order chi connectivity index (χ1) is 8.54. The molecule has 0 aromatic heterocycles. The van der Waals surface area contributed by atoms with Gasteiger partial charge in [-0.3, -0.25) is 0 Å². The second kappa shape index (κ2) is 6.76. The Hall–Kier alpha value is -1.06. The maximum atomic E-state index is 10.1. The predicted octanol–water partition coefficient (Wildman–Crippen LogP) is 3.03. The van der Waals surface area contributed by atoms with Crippen molar-refractivity contribution in [3.8, 4) is 5.75 Å². The van der Waals surface area contributed by atoms with E-state index in [0.717, 1.165) is 17.7 Å². The molecule has 3 heteroatoms. The molecule has 0 aliphatic heterocycles. The second-order valence-electron chi connectivity index (χ2n) is 4.80. The summed E-state index contributed by atoms with van der Waals surface area (Å²) in [6, 6.07) is 7.89. The van der Waals surface area contributed by atoms with Crippen molar-refractivity contribution in [3.05, 3.63) is 29.8 Å². The van der Waals surface area contributed by atoms with E-state index in [2.05, 4.69) is 6.92 Å². The summed E-state index contributed by atoms with van der Waals surface area (Å²) in [6.07, 6.45) is 2.32. The molecular formula is C15H25NO2. The highest BCUT2D eigenvalue weighted by atomic mass is 16.5. The third-order valence-electron chi connectivity index (χ3n) is 3.57. The van der Waals surface area contributed by atoms with E-state index in [1.165, 1.54) is 0 Å². The molecule has 1 rings (SSSR count). The molecule has 0 spiro atoms. The molecule has 0 unspecified atom stereocenters. The molecule has 0 saturated carbocycles. The van der Waals surface area contributed by atoms with Crippen molar-refractivity contribution in [1.29, 1.82) is 0 Å². The van der Waals surface area contributed by atoms with E-state index in [4.69, 9.17) is 10.5 Å². The van der Waals surface area contributed by atoms with Crippen LogP contribution in [0.5, 0.6) is 5.75 Å². The Labute approximate surface area is 110 Å². The molecule has 18 heavy (non-hydrogen) atoms. The fourth-order valence-corrected chi connectivity index (χ4v) is 1.72. The van der Waals surface area contributed by atoms with Crippen molar-refractivity contribution in [2.75, 3.05) is 6.61 Å². The minimum Gasteiger partial charge on any atom is -0.491 e. The van der Waals surface area contributed by atoms with Crippen molar-refractivity contribution in [2.24, 2.45) is 5.73 Å². The highest BCUT2D eigenvalue weighted by Gasteiger charge is 2.22. The van der Waals surface area contributed by atoms with Crippen molar-refractivity contribution < 1.29 is 9.84 Å². The second-order valence-corrected chi connectivity index (χ2v) is 4.80. The molecule has 0 saturated heterocycles. The van der Waals surface area contributed by atoms with Crippen molar-refractivity contribution in [1.82, 2.24) is 0 Å². The van der Waals surface area contributed by atoms with Gasteiger partial charge in [0.2, 0.25) is 0 Å². The van der Waals surface area contributed by atoms with Crippen LogP contribution in [-0.2, 0) is 0 Å². The van der Waals surface area contributed by atoms with E-state index in [0.29, 0.717) is 19.4 Å². The topological polar surface area (TPSA) is 55.5 Å². The van der Waals surface area contributed by atoms with Gasteiger partial charge in [-0.2, -0.15) is 0 Å². The zero-order valence-electron chi connectivity index (χ0n) is 11.6. The number of ether oxygens (including phenoxy) is 1. The summed E-state index contributed by atoms with van der Waals surface area (Å²) in [7, 11) is 0. The molecule has 3 nitrogen and oxygen atoms in total. The molecule has 3 N–H and O–H groups in total. The molecule has 0 fully saturated rings. The fraction of sp³-hybridized carbons (Fsp3) is 0.600. The van der Waals surface area contributed by atoms with Crippen LogP contribution < -0.4 is 10.5 Å². The Morgan fingerprint density at radius 1 is 1.17 bits per heavy atom. The van der Waals surface area contributed by atoms with E-state index in [1.807, 2.05) is 38.1 Å². The van der Waals surface area contributed by atoms with Crippen LogP contribution in [0.4, 0.5) is 0 Å². The van der Waals surface area contributed by atoms with Crippen LogP contribution in [0.2, 0.25) is 0 Å². The van der Waals surface area contributed by atoms with Gasteiger partial charge in [0.05, 0.1) is 5.60 Å². The monoisotopic (exact) mass is 251 g/mol. The van der Waals surface area contributed by atoms with Crippen LogP contribution >= 0.6 is 0 Å². The summed E-state index contributed by atoms with van der Waals surface area (Å²) < 4.78 is 5.63. The van der Waals surface area contributed by atoms with E-state index < -0.39 is 5.60 Å². The average molecular weight is 251 g/mol. The summed E-state index contributed by atoms with van der Waals surface area (Å²) in [4.78, 5) is 0. The summed E-state index contributed by atoms with van der Waals surface area (Å²) in [6.45, 7) is 6.34. The Balaban J connectivity index is 2.59. The third-order valence-corrected chi connectivity index (χ3v) is 3.57. The largest absolute Gasteiger partial charge is 0.491 e. The summed E-state index contributed by atoms with van der Waals surface area (Å²) >= 11 is 0. The first kappa shape index (κ1) is 15.0. The summed E-state index contributed by atoms with van der Waals surface area (Å²) in [5, 5.41) is 10.1. The minimum absolute atomic E-state index is 0.0854. The lowest BCUT2D eigenvalue weighted by atomic mass is 9.99. The minimum atomic E-state index is -0.724. The lowest BCUT2D eigenvalue weighted by Gasteiger charge is -2.25. The lowest BCUT2D eigenvalue weighted by Crippen LogP contribution is -2.34. The molecule has 1 aromatic rings. The molecule has 1 atom stereocenters. The normalized spacial score (nSPS) is 13.4. The van der Waals surface area contributed by atoms with Crippen LogP contribution in [0.3, 0.4) is 0 Å². The van der Waals surface area contributed by atoms with Crippen LogP contribution in [0.1, 0.15) is 51.6 Å². The van der Waals surface area contributed by atoms with Crippen LogP contribution in [-0.4, -0.2) is 17.3 Å². The molecule has 0 radical (unpaired) electrons. The maximum absolute atomic E-state index is 10.1. The Bertz CT molecular complexity index is 344. The summed E-state index contributed by atoms with van der Waals surface area (Å²) in [5.41, 5.74) is 6.34. The fourth-order valence-electron chi connectivity index (χ4n) is 1.72. The number of rotatable bonds is 7.